The molecular formula is C18H17N5OS2. The van der Waals surface area contributed by atoms with E-state index >= 15 is 0 Å². The van der Waals surface area contributed by atoms with Crippen LogP contribution < -0.4 is 0 Å². The summed E-state index contributed by atoms with van der Waals surface area (Å²) in [6.07, 6.45) is 6.24. The molecule has 0 saturated carbocycles. The van der Waals surface area contributed by atoms with Crippen LogP contribution in [0.25, 0.3) is 22.2 Å². The molecule has 0 aliphatic carbocycles. The van der Waals surface area contributed by atoms with Crippen molar-refractivity contribution in [1.29, 1.82) is 0 Å². The molecule has 4 heterocycles. The van der Waals surface area contributed by atoms with Crippen LogP contribution in [0, 0.1) is 0 Å². The number of nitrogens with zero attached hydrogens (tertiary/aromatic N) is 5. The van der Waals surface area contributed by atoms with Gasteiger partial charge in [-0.25, -0.2) is 4.98 Å². The number of hydrogen-bond acceptors (Lipinski definition) is 7. The van der Waals surface area contributed by atoms with Crippen molar-refractivity contribution in [3.63, 3.8) is 0 Å². The van der Waals surface area contributed by atoms with Crippen molar-refractivity contribution in [3.05, 3.63) is 54.0 Å². The quantitative estimate of drug-likeness (QED) is 0.429. The summed E-state index contributed by atoms with van der Waals surface area (Å²) >= 11 is 3.24. The van der Waals surface area contributed by atoms with E-state index in [0.717, 1.165) is 51.7 Å². The normalized spacial score (nSPS) is 11.1. The summed E-state index contributed by atoms with van der Waals surface area (Å²) in [7, 11) is 0. The molecule has 26 heavy (non-hydrogen) atoms. The lowest BCUT2D eigenvalue weighted by Gasteiger charge is -2.08. The van der Waals surface area contributed by atoms with E-state index in [1.54, 1.807) is 41.8 Å². The van der Waals surface area contributed by atoms with Crippen molar-refractivity contribution >= 4 is 23.1 Å². The second-order valence-corrected chi connectivity index (χ2v) is 7.40. The predicted octanol–water partition coefficient (Wildman–Crippen LogP) is 4.76. The molecule has 0 amide bonds. The lowest BCUT2D eigenvalue weighted by Crippen LogP contribution is -2.02. The third-order valence-corrected chi connectivity index (χ3v) is 5.64. The highest BCUT2D eigenvalue weighted by atomic mass is 32.2. The third-order valence-electron chi connectivity index (χ3n) is 3.74. The molecule has 0 aromatic carbocycles. The number of hydrogen-bond donors (Lipinski definition) is 0. The van der Waals surface area contributed by atoms with Gasteiger partial charge in [0.25, 0.3) is 0 Å². The molecule has 0 aliphatic heterocycles. The van der Waals surface area contributed by atoms with Gasteiger partial charge in [-0.1, -0.05) is 18.7 Å². The molecule has 4 aromatic rings. The lowest BCUT2D eigenvalue weighted by atomic mass is 10.2. The first kappa shape index (κ1) is 17.0. The monoisotopic (exact) mass is 383 g/mol. The average Bonchev–Trinajstić information content (AvgIpc) is 3.42. The predicted molar refractivity (Wildman–Crippen MR) is 103 cm³/mol. The Labute approximate surface area is 159 Å². The zero-order valence-electron chi connectivity index (χ0n) is 14.2. The Bertz CT molecular complexity index is 963. The second-order valence-electron chi connectivity index (χ2n) is 5.60. The van der Waals surface area contributed by atoms with E-state index < -0.39 is 0 Å². The molecule has 4 rings (SSSR count). The van der Waals surface area contributed by atoms with Crippen molar-refractivity contribution in [1.82, 2.24) is 24.7 Å². The van der Waals surface area contributed by atoms with Gasteiger partial charge in [-0.15, -0.1) is 21.5 Å². The van der Waals surface area contributed by atoms with Crippen LogP contribution in [0.2, 0.25) is 0 Å². The first-order valence-electron chi connectivity index (χ1n) is 8.30. The van der Waals surface area contributed by atoms with Gasteiger partial charge < -0.3 is 8.98 Å². The van der Waals surface area contributed by atoms with E-state index in [1.807, 2.05) is 24.3 Å². The van der Waals surface area contributed by atoms with E-state index in [1.165, 1.54) is 0 Å². The molecule has 0 N–H and O–H groups in total. The molecule has 4 aromatic heterocycles. The molecule has 0 bridgehead atoms. The summed E-state index contributed by atoms with van der Waals surface area (Å²) < 4.78 is 7.58. The average molecular weight is 384 g/mol. The van der Waals surface area contributed by atoms with Gasteiger partial charge in [0.2, 0.25) is 0 Å². The van der Waals surface area contributed by atoms with E-state index in [2.05, 4.69) is 37.0 Å². The van der Waals surface area contributed by atoms with Crippen molar-refractivity contribution in [2.45, 2.75) is 30.8 Å². The highest BCUT2D eigenvalue weighted by molar-refractivity contribution is 7.98. The number of thiazole rings is 1. The molecule has 0 radical (unpaired) electrons. The fraction of sp³-hybridized carbons (Fsp3) is 0.222. The summed E-state index contributed by atoms with van der Waals surface area (Å²) in [5.41, 5.74) is 2.05. The standard InChI is InChI=1S/C18H17N5OS2/c1-2-9-23-16(13-5-7-19-8-6-13)21-22-18(23)26-12-14-11-25-17(20-14)15-4-3-10-24-15/h3-8,10-11H,2,9,12H2,1H3. The number of thioether (sulfide) groups is 1. The minimum Gasteiger partial charge on any atom is -0.462 e. The number of furan rings is 1. The summed E-state index contributed by atoms with van der Waals surface area (Å²) in [4.78, 5) is 8.72. The molecule has 0 aliphatic rings. The molecule has 0 saturated heterocycles. The van der Waals surface area contributed by atoms with E-state index in [9.17, 15) is 0 Å². The van der Waals surface area contributed by atoms with Crippen molar-refractivity contribution in [2.24, 2.45) is 0 Å². The lowest BCUT2D eigenvalue weighted by molar-refractivity contribution is 0.581. The van der Waals surface area contributed by atoms with E-state index in [0.29, 0.717) is 0 Å². The second kappa shape index (κ2) is 7.84. The van der Waals surface area contributed by atoms with Gasteiger partial charge in [-0.05, 0) is 30.7 Å². The summed E-state index contributed by atoms with van der Waals surface area (Å²) in [6, 6.07) is 7.72. The molecular weight excluding hydrogens is 366 g/mol. The largest absolute Gasteiger partial charge is 0.462 e. The van der Waals surface area contributed by atoms with Gasteiger partial charge in [-0.2, -0.15) is 0 Å². The molecule has 0 unspecified atom stereocenters. The van der Waals surface area contributed by atoms with Crippen LogP contribution >= 0.6 is 23.1 Å². The Balaban J connectivity index is 1.52. The molecule has 6 nitrogen and oxygen atoms in total. The zero-order valence-corrected chi connectivity index (χ0v) is 15.8. The maximum Gasteiger partial charge on any atom is 0.191 e. The molecule has 0 spiro atoms. The Morgan fingerprint density at radius 2 is 2.08 bits per heavy atom. The Morgan fingerprint density at radius 1 is 1.19 bits per heavy atom. The third kappa shape index (κ3) is 3.56. The van der Waals surface area contributed by atoms with Crippen LogP contribution in [0.5, 0.6) is 0 Å². The Hall–Kier alpha value is -2.45. The molecule has 0 fully saturated rings. The first-order valence-corrected chi connectivity index (χ1v) is 10.2. The highest BCUT2D eigenvalue weighted by Crippen LogP contribution is 2.29. The summed E-state index contributed by atoms with van der Waals surface area (Å²) in [5, 5.41) is 12.7. The van der Waals surface area contributed by atoms with Gasteiger partial charge in [0.15, 0.2) is 21.7 Å². The molecule has 132 valence electrons. The fourth-order valence-electron chi connectivity index (χ4n) is 2.56. The highest BCUT2D eigenvalue weighted by Gasteiger charge is 2.15. The van der Waals surface area contributed by atoms with Crippen molar-refractivity contribution in [3.8, 4) is 22.2 Å². The Morgan fingerprint density at radius 3 is 2.85 bits per heavy atom. The van der Waals surface area contributed by atoms with Gasteiger partial charge in [-0.3, -0.25) is 4.98 Å². The molecule has 8 heteroatoms. The minimum atomic E-state index is 0.745. The van der Waals surface area contributed by atoms with E-state index in [4.69, 9.17) is 4.42 Å². The first-order chi connectivity index (χ1) is 12.8. The van der Waals surface area contributed by atoms with Crippen LogP contribution in [-0.4, -0.2) is 24.7 Å². The number of rotatable bonds is 7. The van der Waals surface area contributed by atoms with Gasteiger partial charge in [0.05, 0.1) is 12.0 Å². The SMILES string of the molecule is CCCn1c(SCc2csc(-c3ccco3)n2)nnc1-c1ccncc1. The van der Waals surface area contributed by atoms with Crippen LogP contribution in [0.3, 0.4) is 0 Å². The van der Waals surface area contributed by atoms with Crippen LogP contribution in [0.15, 0.2) is 57.9 Å². The van der Waals surface area contributed by atoms with Crippen LogP contribution in [0.1, 0.15) is 19.0 Å². The van der Waals surface area contributed by atoms with Crippen molar-refractivity contribution < 1.29 is 4.42 Å². The minimum absolute atomic E-state index is 0.745. The van der Waals surface area contributed by atoms with Crippen LogP contribution in [-0.2, 0) is 12.3 Å². The van der Waals surface area contributed by atoms with Crippen LogP contribution in [0.4, 0.5) is 0 Å². The summed E-state index contributed by atoms with van der Waals surface area (Å²) in [6.45, 7) is 3.03. The van der Waals surface area contributed by atoms with Crippen molar-refractivity contribution in [2.75, 3.05) is 0 Å². The number of aromatic nitrogens is 5. The van der Waals surface area contributed by atoms with Gasteiger partial charge in [0, 0.05) is 35.6 Å². The van der Waals surface area contributed by atoms with E-state index in [-0.39, 0.29) is 0 Å². The topological polar surface area (TPSA) is 69.6 Å². The number of pyridine rings is 1. The fourth-order valence-corrected chi connectivity index (χ4v) is 4.31. The summed E-state index contributed by atoms with van der Waals surface area (Å²) in [5.74, 6) is 2.43. The molecule has 0 atom stereocenters. The maximum atomic E-state index is 5.41. The maximum absolute atomic E-state index is 5.41. The van der Waals surface area contributed by atoms with Gasteiger partial charge >= 0.3 is 0 Å². The Kier molecular flexibility index (Phi) is 5.12. The zero-order chi connectivity index (χ0) is 17.8. The smallest absolute Gasteiger partial charge is 0.191 e. The van der Waals surface area contributed by atoms with Gasteiger partial charge in [0.1, 0.15) is 0 Å².